The molecule has 5 nitrogen and oxygen atoms in total. The van der Waals surface area contributed by atoms with Gasteiger partial charge in [0.2, 0.25) is 5.13 Å². The van der Waals surface area contributed by atoms with E-state index in [1.165, 1.54) is 22.5 Å². The molecule has 0 aliphatic carbocycles. The van der Waals surface area contributed by atoms with Crippen LogP contribution in [-0.2, 0) is 0 Å². The van der Waals surface area contributed by atoms with Gasteiger partial charge < -0.3 is 4.90 Å². The van der Waals surface area contributed by atoms with Crippen molar-refractivity contribution in [1.29, 1.82) is 0 Å². The minimum absolute atomic E-state index is 0.622. The van der Waals surface area contributed by atoms with Gasteiger partial charge in [-0.15, -0.1) is 10.2 Å². The second-order valence-corrected chi connectivity index (χ2v) is 8.94. The summed E-state index contributed by atoms with van der Waals surface area (Å²) in [7, 11) is 0. The van der Waals surface area contributed by atoms with Gasteiger partial charge in [-0.3, -0.25) is 4.98 Å². The van der Waals surface area contributed by atoms with E-state index in [1.807, 2.05) is 18.3 Å². The van der Waals surface area contributed by atoms with Crippen LogP contribution in [-0.4, -0.2) is 21.4 Å². The van der Waals surface area contributed by atoms with E-state index in [2.05, 4.69) is 112 Å². The number of nitrogens with zero attached hydrogens (tertiary/aromatic N) is 5. The highest BCUT2D eigenvalue weighted by molar-refractivity contribution is 7.18. The molecule has 0 atom stereocenters. The third-order valence-electron chi connectivity index (χ3n) is 5.40. The standard InChI is InChI=1S/C28H23N5S/c1-20-3-9-24(10-4-20)33(25-11-5-21(2)6-12-25)26-13-7-22(8-14-26)19-30-28-32-31-27(34-28)23-15-17-29-18-16-23/h3-19H,1-2H3. The Morgan fingerprint density at radius 1 is 0.676 bits per heavy atom. The SMILES string of the molecule is Cc1ccc(N(c2ccc(C)cc2)c2ccc(C=Nc3nnc(-c4ccncc4)s3)cc2)cc1. The Bertz CT molecular complexity index is 1340. The highest BCUT2D eigenvalue weighted by atomic mass is 32.1. The molecule has 166 valence electrons. The van der Waals surface area contributed by atoms with Gasteiger partial charge in [-0.2, -0.15) is 0 Å². The van der Waals surface area contributed by atoms with E-state index in [0.717, 1.165) is 33.2 Å². The van der Waals surface area contributed by atoms with Crippen molar-refractivity contribution >= 4 is 39.7 Å². The van der Waals surface area contributed by atoms with Gasteiger partial charge in [0.1, 0.15) is 5.01 Å². The van der Waals surface area contributed by atoms with Crippen LogP contribution >= 0.6 is 11.3 Å². The molecule has 0 unspecified atom stereocenters. The summed E-state index contributed by atoms with van der Waals surface area (Å²) < 4.78 is 0. The Labute approximate surface area is 203 Å². The van der Waals surface area contributed by atoms with Gasteiger partial charge in [0.05, 0.1) is 0 Å². The lowest BCUT2D eigenvalue weighted by atomic mass is 10.1. The molecular formula is C28H23N5S. The highest BCUT2D eigenvalue weighted by Gasteiger charge is 2.12. The number of benzene rings is 3. The van der Waals surface area contributed by atoms with Crippen molar-refractivity contribution < 1.29 is 0 Å². The molecule has 0 bridgehead atoms. The highest BCUT2D eigenvalue weighted by Crippen LogP contribution is 2.34. The molecule has 0 N–H and O–H groups in total. The van der Waals surface area contributed by atoms with Crippen molar-refractivity contribution in [1.82, 2.24) is 15.2 Å². The smallest absolute Gasteiger partial charge is 0.231 e. The number of pyridine rings is 1. The Balaban J connectivity index is 1.39. The first-order valence-corrected chi connectivity index (χ1v) is 11.8. The fourth-order valence-corrected chi connectivity index (χ4v) is 4.25. The zero-order valence-corrected chi connectivity index (χ0v) is 19.8. The number of aromatic nitrogens is 3. The minimum atomic E-state index is 0.622. The number of hydrogen-bond donors (Lipinski definition) is 0. The first kappa shape index (κ1) is 21.7. The molecule has 3 aromatic carbocycles. The monoisotopic (exact) mass is 461 g/mol. The summed E-state index contributed by atoms with van der Waals surface area (Å²) in [6, 6.07) is 29.4. The van der Waals surface area contributed by atoms with E-state index in [-0.39, 0.29) is 0 Å². The molecule has 2 aromatic heterocycles. The van der Waals surface area contributed by atoms with E-state index < -0.39 is 0 Å². The van der Waals surface area contributed by atoms with Crippen molar-refractivity contribution in [2.45, 2.75) is 13.8 Å². The number of rotatable bonds is 6. The van der Waals surface area contributed by atoms with Crippen LogP contribution in [0.15, 0.2) is 102 Å². The Morgan fingerprint density at radius 3 is 1.76 bits per heavy atom. The van der Waals surface area contributed by atoms with Crippen molar-refractivity contribution in [3.63, 3.8) is 0 Å². The van der Waals surface area contributed by atoms with Crippen molar-refractivity contribution in [2.75, 3.05) is 4.90 Å². The number of hydrogen-bond acceptors (Lipinski definition) is 6. The van der Waals surface area contributed by atoms with Crippen LogP contribution in [0.5, 0.6) is 0 Å². The molecule has 0 spiro atoms. The molecule has 0 radical (unpaired) electrons. The van der Waals surface area contributed by atoms with Crippen molar-refractivity contribution in [3.8, 4) is 10.6 Å². The normalized spacial score (nSPS) is 11.1. The number of aryl methyl sites for hydroxylation is 2. The fourth-order valence-electron chi connectivity index (χ4n) is 3.55. The molecule has 0 aliphatic rings. The molecule has 5 aromatic rings. The molecule has 2 heterocycles. The third kappa shape index (κ3) is 4.92. The Hall–Kier alpha value is -4.16. The van der Waals surface area contributed by atoms with Crippen LogP contribution in [0.1, 0.15) is 16.7 Å². The molecule has 0 saturated heterocycles. The Morgan fingerprint density at radius 2 is 1.21 bits per heavy atom. The first-order valence-electron chi connectivity index (χ1n) is 11.0. The second kappa shape index (κ2) is 9.77. The summed E-state index contributed by atoms with van der Waals surface area (Å²) in [5.41, 5.74) is 7.79. The van der Waals surface area contributed by atoms with Crippen LogP contribution < -0.4 is 4.90 Å². The molecule has 34 heavy (non-hydrogen) atoms. The van der Waals surface area contributed by atoms with Gasteiger partial charge in [0, 0.05) is 41.2 Å². The predicted molar refractivity (Wildman–Crippen MR) is 141 cm³/mol. The van der Waals surface area contributed by atoms with Crippen LogP contribution in [0.2, 0.25) is 0 Å². The largest absolute Gasteiger partial charge is 0.311 e. The molecular weight excluding hydrogens is 438 g/mol. The second-order valence-electron chi connectivity index (χ2n) is 7.98. The molecule has 5 rings (SSSR count). The summed E-state index contributed by atoms with van der Waals surface area (Å²) in [5.74, 6) is 0. The average molecular weight is 462 g/mol. The van der Waals surface area contributed by atoms with Crippen LogP contribution in [0.25, 0.3) is 10.6 Å². The third-order valence-corrected chi connectivity index (χ3v) is 6.28. The summed E-state index contributed by atoms with van der Waals surface area (Å²) in [6.45, 7) is 4.21. The van der Waals surface area contributed by atoms with Gasteiger partial charge in [0.25, 0.3) is 0 Å². The van der Waals surface area contributed by atoms with Crippen LogP contribution in [0.3, 0.4) is 0 Å². The number of anilines is 3. The van der Waals surface area contributed by atoms with Gasteiger partial charge in [-0.25, -0.2) is 4.99 Å². The molecule has 6 heteroatoms. The van der Waals surface area contributed by atoms with E-state index in [1.54, 1.807) is 12.4 Å². The minimum Gasteiger partial charge on any atom is -0.311 e. The van der Waals surface area contributed by atoms with Crippen molar-refractivity contribution in [3.05, 3.63) is 114 Å². The van der Waals surface area contributed by atoms with E-state index >= 15 is 0 Å². The maximum absolute atomic E-state index is 4.52. The number of aliphatic imine (C=N–C) groups is 1. The summed E-state index contributed by atoms with van der Waals surface area (Å²) >= 11 is 1.45. The predicted octanol–water partition coefficient (Wildman–Crippen LogP) is 7.44. The molecule has 0 amide bonds. The lowest BCUT2D eigenvalue weighted by Crippen LogP contribution is -2.09. The summed E-state index contributed by atoms with van der Waals surface area (Å²) in [5, 5.41) is 9.88. The van der Waals surface area contributed by atoms with E-state index in [0.29, 0.717) is 5.13 Å². The molecule has 0 saturated carbocycles. The first-order chi connectivity index (χ1) is 16.7. The van der Waals surface area contributed by atoms with Gasteiger partial charge in [0.15, 0.2) is 0 Å². The Kier molecular flexibility index (Phi) is 6.23. The maximum Gasteiger partial charge on any atom is 0.231 e. The summed E-state index contributed by atoms with van der Waals surface area (Å²) in [6.07, 6.45) is 5.32. The topological polar surface area (TPSA) is 54.3 Å². The molecule has 0 aliphatic heterocycles. The van der Waals surface area contributed by atoms with Gasteiger partial charge in [-0.1, -0.05) is 58.9 Å². The maximum atomic E-state index is 4.52. The van der Waals surface area contributed by atoms with E-state index in [4.69, 9.17) is 0 Å². The molecule has 0 fully saturated rings. The average Bonchev–Trinajstić information content (AvgIpc) is 3.36. The van der Waals surface area contributed by atoms with Crippen LogP contribution in [0.4, 0.5) is 22.2 Å². The lowest BCUT2D eigenvalue weighted by Gasteiger charge is -2.25. The quantitative estimate of drug-likeness (QED) is 0.247. The van der Waals surface area contributed by atoms with E-state index in [9.17, 15) is 0 Å². The summed E-state index contributed by atoms with van der Waals surface area (Å²) in [4.78, 5) is 10.8. The zero-order chi connectivity index (χ0) is 23.3. The van der Waals surface area contributed by atoms with Crippen molar-refractivity contribution in [2.24, 2.45) is 4.99 Å². The van der Waals surface area contributed by atoms with Gasteiger partial charge in [-0.05, 0) is 67.9 Å². The lowest BCUT2D eigenvalue weighted by molar-refractivity contribution is 1.09. The van der Waals surface area contributed by atoms with Crippen LogP contribution in [0, 0.1) is 13.8 Å². The van der Waals surface area contributed by atoms with Gasteiger partial charge >= 0.3 is 0 Å². The fraction of sp³-hybridized carbons (Fsp3) is 0.0714. The zero-order valence-electron chi connectivity index (χ0n) is 19.0.